The molecule has 1 aromatic rings. The molecule has 1 heterocycles. The van der Waals surface area contributed by atoms with Gasteiger partial charge in [-0.05, 0) is 31.0 Å². The minimum Gasteiger partial charge on any atom is -0.391 e. The fourth-order valence-electron chi connectivity index (χ4n) is 2.24. The van der Waals surface area contributed by atoms with Crippen LogP contribution in [0.15, 0.2) is 18.2 Å². The summed E-state index contributed by atoms with van der Waals surface area (Å²) in [7, 11) is 0. The second-order valence-corrected chi connectivity index (χ2v) is 4.94. The predicted molar refractivity (Wildman–Crippen MR) is 70.6 cm³/mol. The fraction of sp³-hybridized carbons (Fsp3) is 0.500. The third-order valence-electron chi connectivity index (χ3n) is 3.68. The van der Waals surface area contributed by atoms with Crippen molar-refractivity contribution in [2.75, 3.05) is 19.6 Å². The van der Waals surface area contributed by atoms with Crippen molar-refractivity contribution in [1.82, 2.24) is 10.6 Å². The summed E-state index contributed by atoms with van der Waals surface area (Å²) >= 11 is 0. The van der Waals surface area contributed by atoms with Crippen LogP contribution in [0.1, 0.15) is 21.5 Å². The lowest BCUT2D eigenvalue weighted by atomic mass is 10.0. The van der Waals surface area contributed by atoms with Crippen molar-refractivity contribution in [3.63, 3.8) is 0 Å². The van der Waals surface area contributed by atoms with Crippen molar-refractivity contribution >= 4 is 5.91 Å². The molecule has 0 saturated carbocycles. The molecule has 2 unspecified atom stereocenters. The monoisotopic (exact) mass is 248 g/mol. The van der Waals surface area contributed by atoms with E-state index in [1.54, 1.807) is 0 Å². The first-order chi connectivity index (χ1) is 8.59. The van der Waals surface area contributed by atoms with E-state index < -0.39 is 0 Å². The number of nitrogens with one attached hydrogen (secondary N) is 2. The molecule has 0 spiro atoms. The molecule has 1 amide bonds. The third kappa shape index (κ3) is 2.71. The molecule has 2 rings (SSSR count). The Morgan fingerprint density at radius 2 is 2.22 bits per heavy atom. The molecule has 1 fully saturated rings. The van der Waals surface area contributed by atoms with Crippen molar-refractivity contribution in [3.8, 4) is 0 Å². The van der Waals surface area contributed by atoms with Crippen LogP contribution in [0.4, 0.5) is 0 Å². The molecular formula is C14H20N2O2. The molecule has 2 atom stereocenters. The summed E-state index contributed by atoms with van der Waals surface area (Å²) in [6.07, 6.45) is -0.357. The predicted octanol–water partition coefficient (Wildman–Crippen LogP) is 0.614. The smallest absolute Gasteiger partial charge is 0.251 e. The molecule has 0 bridgehead atoms. The summed E-state index contributed by atoms with van der Waals surface area (Å²) in [5.74, 6) is 0.0503. The molecule has 1 saturated heterocycles. The molecule has 18 heavy (non-hydrogen) atoms. The van der Waals surface area contributed by atoms with Crippen LogP contribution in [-0.4, -0.2) is 36.8 Å². The highest BCUT2D eigenvalue weighted by atomic mass is 16.3. The Labute approximate surface area is 107 Å². The molecule has 1 aliphatic heterocycles. The van der Waals surface area contributed by atoms with Gasteiger partial charge in [-0.15, -0.1) is 0 Å². The van der Waals surface area contributed by atoms with Crippen molar-refractivity contribution in [3.05, 3.63) is 34.9 Å². The van der Waals surface area contributed by atoms with E-state index in [0.29, 0.717) is 13.1 Å². The number of carbonyl (C=O) groups is 1. The van der Waals surface area contributed by atoms with E-state index in [-0.39, 0.29) is 17.9 Å². The molecule has 4 nitrogen and oxygen atoms in total. The number of amides is 1. The van der Waals surface area contributed by atoms with Gasteiger partial charge >= 0.3 is 0 Å². The molecule has 0 radical (unpaired) electrons. The quantitative estimate of drug-likeness (QED) is 0.734. The summed E-state index contributed by atoms with van der Waals surface area (Å²) in [6.45, 7) is 5.84. The van der Waals surface area contributed by atoms with Gasteiger partial charge in [0.15, 0.2) is 0 Å². The first kappa shape index (κ1) is 13.1. The Kier molecular flexibility index (Phi) is 3.99. The lowest BCUT2D eigenvalue weighted by molar-refractivity contribution is 0.0926. The lowest BCUT2D eigenvalue weighted by Crippen LogP contribution is -2.34. The van der Waals surface area contributed by atoms with E-state index in [9.17, 15) is 9.90 Å². The Bertz CT molecular complexity index is 445. The topological polar surface area (TPSA) is 61.4 Å². The van der Waals surface area contributed by atoms with Crippen molar-refractivity contribution in [1.29, 1.82) is 0 Å². The molecule has 98 valence electrons. The first-order valence-electron chi connectivity index (χ1n) is 6.33. The van der Waals surface area contributed by atoms with Gasteiger partial charge in [0.25, 0.3) is 5.91 Å². The molecule has 0 aliphatic carbocycles. The largest absolute Gasteiger partial charge is 0.391 e. The number of aliphatic hydroxyl groups excluding tert-OH is 1. The van der Waals surface area contributed by atoms with Crippen molar-refractivity contribution in [2.24, 2.45) is 5.92 Å². The van der Waals surface area contributed by atoms with Gasteiger partial charge in [0.2, 0.25) is 0 Å². The summed E-state index contributed by atoms with van der Waals surface area (Å²) in [5, 5.41) is 15.7. The minimum atomic E-state index is -0.357. The highest BCUT2D eigenvalue weighted by Crippen LogP contribution is 2.13. The van der Waals surface area contributed by atoms with E-state index in [0.717, 1.165) is 23.2 Å². The van der Waals surface area contributed by atoms with Gasteiger partial charge in [0.05, 0.1) is 6.10 Å². The maximum absolute atomic E-state index is 12.1. The molecule has 1 aromatic carbocycles. The number of benzene rings is 1. The van der Waals surface area contributed by atoms with Crippen LogP contribution in [0.5, 0.6) is 0 Å². The normalized spacial score (nSPS) is 23.1. The van der Waals surface area contributed by atoms with Crippen LogP contribution in [0.25, 0.3) is 0 Å². The van der Waals surface area contributed by atoms with Crippen LogP contribution in [-0.2, 0) is 0 Å². The van der Waals surface area contributed by atoms with Crippen LogP contribution >= 0.6 is 0 Å². The summed E-state index contributed by atoms with van der Waals surface area (Å²) in [4.78, 5) is 12.1. The minimum absolute atomic E-state index is 0.0599. The van der Waals surface area contributed by atoms with Crippen LogP contribution < -0.4 is 10.6 Å². The number of hydrogen-bond acceptors (Lipinski definition) is 3. The highest BCUT2D eigenvalue weighted by Gasteiger charge is 2.25. The average Bonchev–Trinajstić information content (AvgIpc) is 2.75. The van der Waals surface area contributed by atoms with Crippen molar-refractivity contribution < 1.29 is 9.90 Å². The van der Waals surface area contributed by atoms with Gasteiger partial charge in [-0.25, -0.2) is 0 Å². The summed E-state index contributed by atoms with van der Waals surface area (Å²) in [5.41, 5.74) is 2.85. The van der Waals surface area contributed by atoms with Crippen molar-refractivity contribution in [2.45, 2.75) is 20.0 Å². The van der Waals surface area contributed by atoms with Gasteiger partial charge < -0.3 is 15.7 Å². The lowest BCUT2D eigenvalue weighted by Gasteiger charge is -2.15. The number of aryl methyl sites for hydroxylation is 1. The number of rotatable bonds is 3. The SMILES string of the molecule is Cc1cccc(C(=O)NCC2CNCC2O)c1C. The third-order valence-corrected chi connectivity index (χ3v) is 3.68. The van der Waals surface area contributed by atoms with Crippen LogP contribution in [0.3, 0.4) is 0 Å². The Balaban J connectivity index is 1.97. The first-order valence-corrected chi connectivity index (χ1v) is 6.33. The van der Waals surface area contributed by atoms with Gasteiger partial charge in [-0.3, -0.25) is 4.79 Å². The Hall–Kier alpha value is -1.39. The number of carbonyl (C=O) groups excluding carboxylic acids is 1. The summed E-state index contributed by atoms with van der Waals surface area (Å²) in [6, 6.07) is 5.72. The molecule has 1 aliphatic rings. The standard InChI is InChI=1S/C14H20N2O2/c1-9-4-3-5-12(10(9)2)14(18)16-7-11-6-15-8-13(11)17/h3-5,11,13,15,17H,6-8H2,1-2H3,(H,16,18). The second-order valence-electron chi connectivity index (χ2n) is 4.94. The maximum Gasteiger partial charge on any atom is 0.251 e. The zero-order chi connectivity index (χ0) is 13.1. The second kappa shape index (κ2) is 5.50. The van der Waals surface area contributed by atoms with Gasteiger partial charge in [0.1, 0.15) is 0 Å². The van der Waals surface area contributed by atoms with E-state index in [2.05, 4.69) is 10.6 Å². The van der Waals surface area contributed by atoms with E-state index in [1.165, 1.54) is 0 Å². The Morgan fingerprint density at radius 1 is 1.44 bits per heavy atom. The number of aliphatic hydroxyl groups is 1. The zero-order valence-electron chi connectivity index (χ0n) is 10.9. The number of hydrogen-bond donors (Lipinski definition) is 3. The average molecular weight is 248 g/mol. The highest BCUT2D eigenvalue weighted by molar-refractivity contribution is 5.95. The summed E-state index contributed by atoms with van der Waals surface area (Å²) < 4.78 is 0. The van der Waals surface area contributed by atoms with Gasteiger partial charge in [0, 0.05) is 31.1 Å². The van der Waals surface area contributed by atoms with Crippen LogP contribution in [0.2, 0.25) is 0 Å². The Morgan fingerprint density at radius 3 is 2.89 bits per heavy atom. The molecular weight excluding hydrogens is 228 g/mol. The fourth-order valence-corrected chi connectivity index (χ4v) is 2.24. The van der Waals surface area contributed by atoms with Crippen LogP contribution in [0, 0.1) is 19.8 Å². The number of β-amino-alcohol motifs (C(OH)–C–C–N with tert-alkyl or cyclic N) is 1. The molecule has 3 N–H and O–H groups in total. The van der Waals surface area contributed by atoms with E-state index in [4.69, 9.17) is 0 Å². The maximum atomic E-state index is 12.1. The zero-order valence-corrected chi connectivity index (χ0v) is 10.9. The van der Waals surface area contributed by atoms with E-state index in [1.807, 2.05) is 32.0 Å². The molecule has 0 aromatic heterocycles. The van der Waals surface area contributed by atoms with E-state index >= 15 is 0 Å². The van der Waals surface area contributed by atoms with Gasteiger partial charge in [-0.2, -0.15) is 0 Å². The molecule has 4 heteroatoms. The van der Waals surface area contributed by atoms with Gasteiger partial charge in [-0.1, -0.05) is 12.1 Å².